The fraction of sp³-hybridized carbons (Fsp3) is 0.211. The standard InChI is InChI=1S/C19H19ClN4O2/c1-24(13-19(26)22-15-5-3-2-4-6-15)10-9-18(25)23-16-8-7-14(12-21)17(20)11-16/h2-8,11H,9-10,13H2,1H3,(H,22,26)(H,23,25). The minimum absolute atomic E-state index is 0.141. The Morgan fingerprint density at radius 2 is 1.77 bits per heavy atom. The van der Waals surface area contributed by atoms with E-state index in [2.05, 4.69) is 10.6 Å². The summed E-state index contributed by atoms with van der Waals surface area (Å²) in [7, 11) is 1.77. The molecule has 0 bridgehead atoms. The summed E-state index contributed by atoms with van der Waals surface area (Å²) < 4.78 is 0. The Morgan fingerprint density at radius 3 is 2.42 bits per heavy atom. The molecule has 0 aliphatic carbocycles. The van der Waals surface area contributed by atoms with Crippen LogP contribution in [0.1, 0.15) is 12.0 Å². The van der Waals surface area contributed by atoms with Crippen molar-refractivity contribution >= 4 is 34.8 Å². The fourth-order valence-corrected chi connectivity index (χ4v) is 2.47. The molecule has 2 amide bonds. The highest BCUT2D eigenvalue weighted by atomic mass is 35.5. The summed E-state index contributed by atoms with van der Waals surface area (Å²) in [6.07, 6.45) is 0.229. The lowest BCUT2D eigenvalue weighted by atomic mass is 10.2. The molecule has 26 heavy (non-hydrogen) atoms. The number of para-hydroxylation sites is 1. The van der Waals surface area contributed by atoms with Gasteiger partial charge in [0, 0.05) is 24.3 Å². The van der Waals surface area contributed by atoms with Gasteiger partial charge in [-0.15, -0.1) is 0 Å². The van der Waals surface area contributed by atoms with Gasteiger partial charge in [0.15, 0.2) is 0 Å². The number of nitrogens with zero attached hydrogens (tertiary/aromatic N) is 2. The van der Waals surface area contributed by atoms with Gasteiger partial charge < -0.3 is 10.6 Å². The Bertz CT molecular complexity index is 818. The zero-order chi connectivity index (χ0) is 18.9. The third-order valence-corrected chi connectivity index (χ3v) is 3.88. The third kappa shape index (κ3) is 6.20. The maximum Gasteiger partial charge on any atom is 0.238 e. The van der Waals surface area contributed by atoms with Crippen LogP contribution >= 0.6 is 11.6 Å². The molecule has 2 aromatic rings. The Morgan fingerprint density at radius 1 is 1.08 bits per heavy atom. The summed E-state index contributed by atoms with van der Waals surface area (Å²) in [6, 6.07) is 15.9. The van der Waals surface area contributed by atoms with E-state index in [9.17, 15) is 9.59 Å². The minimum atomic E-state index is -0.193. The smallest absolute Gasteiger partial charge is 0.238 e. The molecule has 0 aromatic heterocycles. The van der Waals surface area contributed by atoms with Crippen LogP contribution in [0, 0.1) is 11.3 Å². The van der Waals surface area contributed by atoms with Crippen LogP contribution in [0.4, 0.5) is 11.4 Å². The number of nitrogens with one attached hydrogen (secondary N) is 2. The molecule has 0 atom stereocenters. The normalized spacial score (nSPS) is 10.2. The van der Waals surface area contributed by atoms with Crippen molar-refractivity contribution in [2.24, 2.45) is 0 Å². The number of carbonyl (C=O) groups excluding carboxylic acids is 2. The second-order valence-electron chi connectivity index (χ2n) is 5.76. The Kier molecular flexibility index (Phi) is 7.15. The van der Waals surface area contributed by atoms with Gasteiger partial charge in [0.25, 0.3) is 0 Å². The first kappa shape index (κ1) is 19.4. The molecule has 7 heteroatoms. The zero-order valence-electron chi connectivity index (χ0n) is 14.3. The van der Waals surface area contributed by atoms with Gasteiger partial charge in [0.2, 0.25) is 11.8 Å². The first-order chi connectivity index (χ1) is 12.5. The Labute approximate surface area is 157 Å². The number of amides is 2. The number of nitriles is 1. The topological polar surface area (TPSA) is 85.2 Å². The van der Waals surface area contributed by atoms with Crippen LogP contribution in [0.25, 0.3) is 0 Å². The van der Waals surface area contributed by atoms with Crippen LogP contribution in [0.5, 0.6) is 0 Å². The van der Waals surface area contributed by atoms with E-state index in [0.717, 1.165) is 5.69 Å². The Hall–Kier alpha value is -2.88. The van der Waals surface area contributed by atoms with Gasteiger partial charge in [-0.3, -0.25) is 14.5 Å². The molecule has 2 N–H and O–H groups in total. The largest absolute Gasteiger partial charge is 0.326 e. The molecular formula is C19H19ClN4O2. The van der Waals surface area contributed by atoms with E-state index in [1.165, 1.54) is 6.07 Å². The summed E-state index contributed by atoms with van der Waals surface area (Å²) in [6.45, 7) is 0.614. The predicted molar refractivity (Wildman–Crippen MR) is 102 cm³/mol. The first-order valence-corrected chi connectivity index (χ1v) is 8.38. The van der Waals surface area contributed by atoms with Crippen molar-refractivity contribution in [3.8, 4) is 6.07 Å². The van der Waals surface area contributed by atoms with Crippen molar-refractivity contribution in [3.05, 3.63) is 59.1 Å². The van der Waals surface area contributed by atoms with E-state index in [0.29, 0.717) is 22.8 Å². The molecule has 0 fully saturated rings. The van der Waals surface area contributed by atoms with Gasteiger partial charge in [-0.05, 0) is 37.4 Å². The van der Waals surface area contributed by atoms with Crippen LogP contribution < -0.4 is 10.6 Å². The molecule has 0 saturated carbocycles. The number of hydrogen-bond acceptors (Lipinski definition) is 4. The van der Waals surface area contributed by atoms with Crippen molar-refractivity contribution in [1.82, 2.24) is 4.90 Å². The van der Waals surface area contributed by atoms with E-state index in [4.69, 9.17) is 16.9 Å². The second kappa shape index (κ2) is 9.56. The van der Waals surface area contributed by atoms with Crippen LogP contribution in [-0.4, -0.2) is 36.9 Å². The van der Waals surface area contributed by atoms with Crippen molar-refractivity contribution in [2.75, 3.05) is 30.8 Å². The molecule has 134 valence electrons. The number of anilines is 2. The van der Waals surface area contributed by atoms with Crippen molar-refractivity contribution in [3.63, 3.8) is 0 Å². The monoisotopic (exact) mass is 370 g/mol. The highest BCUT2D eigenvalue weighted by molar-refractivity contribution is 6.32. The highest BCUT2D eigenvalue weighted by Gasteiger charge is 2.10. The van der Waals surface area contributed by atoms with Gasteiger partial charge in [-0.25, -0.2) is 0 Å². The summed E-state index contributed by atoms with van der Waals surface area (Å²) in [5.74, 6) is -0.334. The van der Waals surface area contributed by atoms with E-state index >= 15 is 0 Å². The van der Waals surface area contributed by atoms with Crippen LogP contribution in [0.3, 0.4) is 0 Å². The first-order valence-electron chi connectivity index (χ1n) is 8.01. The fourth-order valence-electron chi connectivity index (χ4n) is 2.25. The molecule has 0 aliphatic heterocycles. The lowest BCUT2D eigenvalue weighted by molar-refractivity contribution is -0.119. The Balaban J connectivity index is 1.75. The molecule has 0 unspecified atom stereocenters. The lowest BCUT2D eigenvalue weighted by Gasteiger charge is -2.16. The number of rotatable bonds is 7. The summed E-state index contributed by atoms with van der Waals surface area (Å²) >= 11 is 5.94. The molecule has 0 saturated heterocycles. The number of benzene rings is 2. The molecule has 2 aromatic carbocycles. The SMILES string of the molecule is CN(CCC(=O)Nc1ccc(C#N)c(Cl)c1)CC(=O)Nc1ccccc1. The van der Waals surface area contributed by atoms with Crippen molar-refractivity contribution in [1.29, 1.82) is 5.26 Å². The zero-order valence-corrected chi connectivity index (χ0v) is 15.1. The summed E-state index contributed by atoms with van der Waals surface area (Å²) in [5.41, 5.74) is 1.62. The van der Waals surface area contributed by atoms with Gasteiger partial charge >= 0.3 is 0 Å². The van der Waals surface area contributed by atoms with Crippen LogP contribution in [0.15, 0.2) is 48.5 Å². The van der Waals surface area contributed by atoms with E-state index < -0.39 is 0 Å². The summed E-state index contributed by atoms with van der Waals surface area (Å²) in [5, 5.41) is 14.7. The molecule has 0 heterocycles. The van der Waals surface area contributed by atoms with E-state index in [-0.39, 0.29) is 24.8 Å². The number of carbonyl (C=O) groups is 2. The average molecular weight is 371 g/mol. The average Bonchev–Trinajstić information content (AvgIpc) is 2.61. The third-order valence-electron chi connectivity index (χ3n) is 3.56. The summed E-state index contributed by atoms with van der Waals surface area (Å²) in [4.78, 5) is 25.7. The van der Waals surface area contributed by atoms with Crippen LogP contribution in [0.2, 0.25) is 5.02 Å². The molecule has 2 rings (SSSR count). The maximum atomic E-state index is 12.0. The predicted octanol–water partition coefficient (Wildman–Crippen LogP) is 3.11. The molecule has 6 nitrogen and oxygen atoms in total. The number of halogens is 1. The quantitative estimate of drug-likeness (QED) is 0.784. The minimum Gasteiger partial charge on any atom is -0.326 e. The van der Waals surface area contributed by atoms with E-state index in [1.54, 1.807) is 24.1 Å². The molecule has 0 radical (unpaired) electrons. The van der Waals surface area contributed by atoms with Gasteiger partial charge in [-0.1, -0.05) is 29.8 Å². The van der Waals surface area contributed by atoms with Gasteiger partial charge in [0.05, 0.1) is 17.1 Å². The molecule has 0 aliphatic rings. The second-order valence-corrected chi connectivity index (χ2v) is 6.16. The lowest BCUT2D eigenvalue weighted by Crippen LogP contribution is -2.32. The van der Waals surface area contributed by atoms with E-state index in [1.807, 2.05) is 36.4 Å². The number of likely N-dealkylation sites (N-methyl/N-ethyl adjacent to an activating group) is 1. The number of hydrogen-bond donors (Lipinski definition) is 2. The van der Waals surface area contributed by atoms with Gasteiger partial charge in [0.1, 0.15) is 6.07 Å². The molecule has 0 spiro atoms. The maximum absolute atomic E-state index is 12.0. The van der Waals surface area contributed by atoms with Crippen molar-refractivity contribution in [2.45, 2.75) is 6.42 Å². The van der Waals surface area contributed by atoms with Crippen molar-refractivity contribution < 1.29 is 9.59 Å². The molecular weight excluding hydrogens is 352 g/mol. The van der Waals surface area contributed by atoms with Crippen LogP contribution in [-0.2, 0) is 9.59 Å². The van der Waals surface area contributed by atoms with Gasteiger partial charge in [-0.2, -0.15) is 5.26 Å². The highest BCUT2D eigenvalue weighted by Crippen LogP contribution is 2.20.